The van der Waals surface area contributed by atoms with E-state index in [-0.39, 0.29) is 5.91 Å². The van der Waals surface area contributed by atoms with Crippen molar-refractivity contribution in [3.05, 3.63) is 52.7 Å². The maximum atomic E-state index is 13.3. The predicted octanol–water partition coefficient (Wildman–Crippen LogP) is 5.16. The van der Waals surface area contributed by atoms with Crippen molar-refractivity contribution < 1.29 is 14.3 Å². The number of carbonyl (C=O) groups is 1. The Morgan fingerprint density at radius 2 is 1.79 bits per heavy atom. The van der Waals surface area contributed by atoms with Crippen molar-refractivity contribution in [1.82, 2.24) is 20.0 Å². The van der Waals surface area contributed by atoms with Gasteiger partial charge >= 0.3 is 0 Å². The van der Waals surface area contributed by atoms with Crippen molar-refractivity contribution >= 4 is 22.5 Å². The highest BCUT2D eigenvalue weighted by Crippen LogP contribution is 2.30. The van der Waals surface area contributed by atoms with Crippen LogP contribution in [-0.2, 0) is 24.2 Å². The minimum atomic E-state index is -0.0568. The molecule has 3 N–H and O–H groups in total. The number of morpholine rings is 1. The van der Waals surface area contributed by atoms with Crippen molar-refractivity contribution in [1.29, 1.82) is 0 Å². The Hall–Kier alpha value is -3.10. The molecule has 1 saturated heterocycles. The summed E-state index contributed by atoms with van der Waals surface area (Å²) >= 11 is 0. The van der Waals surface area contributed by atoms with Crippen molar-refractivity contribution in [2.75, 3.05) is 45.2 Å². The van der Waals surface area contributed by atoms with E-state index in [1.807, 2.05) is 17.0 Å². The second kappa shape index (κ2) is 13.6. The monoisotopic (exact) mass is 521 g/mol. The number of ether oxygens (including phenoxy) is 2. The molecule has 38 heavy (non-hydrogen) atoms. The second-order valence-electron chi connectivity index (χ2n) is 10.1. The van der Waals surface area contributed by atoms with Gasteiger partial charge in [0.25, 0.3) is 5.91 Å². The summed E-state index contributed by atoms with van der Waals surface area (Å²) in [7, 11) is 0. The molecular formula is C30H43N5O3. The summed E-state index contributed by atoms with van der Waals surface area (Å²) in [5.74, 6) is 0.789. The van der Waals surface area contributed by atoms with E-state index in [0.717, 1.165) is 72.7 Å². The number of H-pyrrole nitrogens is 1. The van der Waals surface area contributed by atoms with Crippen LogP contribution in [0.2, 0.25) is 0 Å². The third kappa shape index (κ3) is 6.85. The lowest BCUT2D eigenvalue weighted by Crippen LogP contribution is -2.38. The van der Waals surface area contributed by atoms with Crippen LogP contribution in [0.4, 0.5) is 5.69 Å². The number of nitrogens with one attached hydrogen (secondary N) is 1. The van der Waals surface area contributed by atoms with Crippen molar-refractivity contribution in [3.63, 3.8) is 0 Å². The third-order valence-corrected chi connectivity index (χ3v) is 7.31. The maximum Gasteiger partial charge on any atom is 0.256 e. The molecule has 0 aliphatic carbocycles. The highest BCUT2D eigenvalue weighted by atomic mass is 16.5. The van der Waals surface area contributed by atoms with Crippen LogP contribution < -0.4 is 10.5 Å². The molecule has 0 saturated carbocycles. The Kier molecular flexibility index (Phi) is 10.0. The Labute approximate surface area is 226 Å². The van der Waals surface area contributed by atoms with Gasteiger partial charge in [0.1, 0.15) is 12.4 Å². The van der Waals surface area contributed by atoms with Crippen LogP contribution in [0.15, 0.2) is 30.3 Å². The van der Waals surface area contributed by atoms with Crippen LogP contribution in [0.3, 0.4) is 0 Å². The Bertz CT molecular complexity index is 1200. The predicted molar refractivity (Wildman–Crippen MR) is 152 cm³/mol. The summed E-state index contributed by atoms with van der Waals surface area (Å²) in [6.45, 7) is 12.7. The quantitative estimate of drug-likeness (QED) is 0.298. The van der Waals surface area contributed by atoms with Gasteiger partial charge in [-0.05, 0) is 41.8 Å². The number of nitrogens with two attached hydrogens (primary N) is 1. The highest BCUT2D eigenvalue weighted by molar-refractivity contribution is 6.04. The van der Waals surface area contributed by atoms with E-state index in [1.54, 1.807) is 6.07 Å². The van der Waals surface area contributed by atoms with Gasteiger partial charge in [0, 0.05) is 49.5 Å². The summed E-state index contributed by atoms with van der Waals surface area (Å²) in [5, 5.41) is 8.28. The van der Waals surface area contributed by atoms with Gasteiger partial charge < -0.3 is 20.1 Å². The molecule has 206 valence electrons. The van der Waals surface area contributed by atoms with E-state index in [1.165, 1.54) is 25.7 Å². The normalized spacial score (nSPS) is 15.3. The lowest BCUT2D eigenvalue weighted by molar-refractivity contribution is 0.0322. The topological polar surface area (TPSA) is 96.7 Å². The molecule has 1 amide bonds. The molecule has 0 bridgehead atoms. The van der Waals surface area contributed by atoms with Crippen LogP contribution in [0.1, 0.15) is 73.6 Å². The fraction of sp³-hybridized carbons (Fsp3) is 0.533. The Balaban J connectivity index is 0.000000505. The zero-order chi connectivity index (χ0) is 26.9. The van der Waals surface area contributed by atoms with E-state index in [9.17, 15) is 4.79 Å². The number of nitrogen functional groups attached to an aromatic ring is 1. The first-order valence-corrected chi connectivity index (χ1v) is 14.1. The van der Waals surface area contributed by atoms with Crippen molar-refractivity contribution in [2.24, 2.45) is 0 Å². The molecule has 0 unspecified atom stereocenters. The SMILES string of the molecule is CCCCCC.CCc1[nH]nc2cc(N)c(C(=O)N3Cc4ccc(OCCN5CCOCC5)cc4C3)cc12. The van der Waals surface area contributed by atoms with Gasteiger partial charge in [0.15, 0.2) is 0 Å². The molecule has 5 rings (SSSR count). The summed E-state index contributed by atoms with van der Waals surface area (Å²) in [4.78, 5) is 17.5. The number of nitrogens with zero attached hydrogens (tertiary/aromatic N) is 3. The number of fused-ring (bicyclic) bond motifs is 2. The molecule has 1 aromatic heterocycles. The number of benzene rings is 2. The number of hydrogen-bond acceptors (Lipinski definition) is 6. The van der Waals surface area contributed by atoms with Gasteiger partial charge in [-0.15, -0.1) is 0 Å². The molecule has 8 nitrogen and oxygen atoms in total. The number of carbonyl (C=O) groups excluding carboxylic acids is 1. The number of anilines is 1. The summed E-state index contributed by atoms with van der Waals surface area (Å²) in [6.07, 6.45) is 6.35. The number of aryl methyl sites for hydroxylation is 1. The minimum Gasteiger partial charge on any atom is -0.492 e. The van der Waals surface area contributed by atoms with E-state index in [2.05, 4.69) is 48.0 Å². The fourth-order valence-corrected chi connectivity index (χ4v) is 4.97. The molecule has 8 heteroatoms. The number of amides is 1. The Morgan fingerprint density at radius 1 is 1.05 bits per heavy atom. The van der Waals surface area contributed by atoms with Crippen LogP contribution in [0.25, 0.3) is 10.9 Å². The molecule has 0 radical (unpaired) electrons. The number of unbranched alkanes of at least 4 members (excludes halogenated alkanes) is 3. The van der Waals surface area contributed by atoms with Gasteiger partial charge in [-0.3, -0.25) is 14.8 Å². The van der Waals surface area contributed by atoms with Gasteiger partial charge in [0.05, 0.1) is 24.3 Å². The zero-order valence-electron chi connectivity index (χ0n) is 23.2. The molecule has 2 aliphatic heterocycles. The summed E-state index contributed by atoms with van der Waals surface area (Å²) in [5.41, 5.74) is 11.3. The standard InChI is InChI=1S/C24H29N5O3.C6H14/c1-2-22-20-12-19(21(25)13-23(20)27-26-22)24(30)29-14-16-3-4-18(11-17(16)15-29)32-10-7-28-5-8-31-9-6-28;1-3-5-6-4-2/h3-4,11-13H,2,5-10,14-15,25H2,1H3,(H,26,27);3-6H2,1-2H3. The molecule has 2 aliphatic rings. The van der Waals surface area contributed by atoms with Gasteiger partial charge in [-0.1, -0.05) is 52.5 Å². The minimum absolute atomic E-state index is 0.0568. The molecule has 2 aromatic carbocycles. The van der Waals surface area contributed by atoms with Crippen LogP contribution in [0, 0.1) is 0 Å². The number of aromatic amines is 1. The van der Waals surface area contributed by atoms with E-state index >= 15 is 0 Å². The summed E-state index contributed by atoms with van der Waals surface area (Å²) in [6, 6.07) is 9.76. The Morgan fingerprint density at radius 3 is 2.50 bits per heavy atom. The maximum absolute atomic E-state index is 13.3. The lowest BCUT2D eigenvalue weighted by Gasteiger charge is -2.26. The van der Waals surface area contributed by atoms with E-state index in [0.29, 0.717) is 30.9 Å². The average Bonchev–Trinajstić information content (AvgIpc) is 3.55. The highest BCUT2D eigenvalue weighted by Gasteiger charge is 2.26. The molecule has 3 heterocycles. The second-order valence-corrected chi connectivity index (χ2v) is 10.1. The van der Waals surface area contributed by atoms with E-state index < -0.39 is 0 Å². The first-order chi connectivity index (χ1) is 18.5. The van der Waals surface area contributed by atoms with Crippen LogP contribution in [0.5, 0.6) is 5.75 Å². The lowest BCUT2D eigenvalue weighted by atomic mass is 10.1. The molecule has 3 aromatic rings. The van der Waals surface area contributed by atoms with Crippen molar-refractivity contribution in [2.45, 2.75) is 66.0 Å². The largest absolute Gasteiger partial charge is 0.492 e. The first-order valence-electron chi connectivity index (χ1n) is 14.1. The molecule has 0 spiro atoms. The van der Waals surface area contributed by atoms with Gasteiger partial charge in [-0.25, -0.2) is 0 Å². The van der Waals surface area contributed by atoms with Gasteiger partial charge in [-0.2, -0.15) is 5.10 Å². The fourth-order valence-electron chi connectivity index (χ4n) is 4.97. The third-order valence-electron chi connectivity index (χ3n) is 7.31. The smallest absolute Gasteiger partial charge is 0.256 e. The molecule has 0 atom stereocenters. The van der Waals surface area contributed by atoms with Crippen LogP contribution >= 0.6 is 0 Å². The van der Waals surface area contributed by atoms with E-state index in [4.69, 9.17) is 15.2 Å². The zero-order valence-corrected chi connectivity index (χ0v) is 23.2. The van der Waals surface area contributed by atoms with Gasteiger partial charge in [0.2, 0.25) is 0 Å². The van der Waals surface area contributed by atoms with Crippen molar-refractivity contribution in [3.8, 4) is 5.75 Å². The average molecular weight is 522 g/mol. The number of hydrogen-bond donors (Lipinski definition) is 2. The number of aromatic nitrogens is 2. The molecular weight excluding hydrogens is 478 g/mol. The number of rotatable bonds is 9. The molecule has 1 fully saturated rings. The summed E-state index contributed by atoms with van der Waals surface area (Å²) < 4.78 is 11.4. The van der Waals surface area contributed by atoms with Crippen LogP contribution in [-0.4, -0.2) is 65.4 Å². The first kappa shape index (κ1) is 27.9.